The van der Waals surface area contributed by atoms with E-state index in [1.165, 1.54) is 31.5 Å². The SMILES string of the molecule is c1ccc(-n2c3ccccc3n3c4ccc5c6ccccc6n(-c6cccc([Si](c7ccccc7)(c7ccccc7)c7cccc8c7oc7ccccc78)c6)c5c4nc23)cc1. The summed E-state index contributed by atoms with van der Waals surface area (Å²) >= 11 is 0. The molecule has 4 heterocycles. The Morgan fingerprint density at radius 1 is 0.393 bits per heavy atom. The Hall–Kier alpha value is -7.93. The summed E-state index contributed by atoms with van der Waals surface area (Å²) in [7, 11) is -3.08. The van der Waals surface area contributed by atoms with Gasteiger partial charge in [-0.1, -0.05) is 158 Å². The minimum absolute atomic E-state index is 0.888. The van der Waals surface area contributed by atoms with Crippen molar-refractivity contribution in [2.75, 3.05) is 0 Å². The van der Waals surface area contributed by atoms with Crippen LogP contribution in [0.25, 0.3) is 83.0 Å². The molecule has 0 bridgehead atoms. The Bertz CT molecular complexity index is 3780. The van der Waals surface area contributed by atoms with E-state index in [2.05, 4.69) is 232 Å². The summed E-state index contributed by atoms with van der Waals surface area (Å²) in [6.45, 7) is 0. The second-order valence-electron chi connectivity index (χ2n) is 15.9. The summed E-state index contributed by atoms with van der Waals surface area (Å²) in [4.78, 5) is 5.61. The van der Waals surface area contributed by atoms with Crippen LogP contribution in [0.3, 0.4) is 0 Å². The van der Waals surface area contributed by atoms with Crippen molar-refractivity contribution in [3.8, 4) is 11.4 Å². The third-order valence-electron chi connectivity index (χ3n) is 12.8. The molecule has 0 atom stereocenters. The molecule has 0 N–H and O–H groups in total. The van der Waals surface area contributed by atoms with E-state index in [0.717, 1.165) is 72.2 Å². The lowest BCUT2D eigenvalue weighted by atomic mass is 10.1. The lowest BCUT2D eigenvalue weighted by Crippen LogP contribution is -2.74. The molecule has 0 aliphatic carbocycles. The number of fused-ring (bicyclic) bond motifs is 12. The number of para-hydroxylation sites is 6. The Labute approximate surface area is 351 Å². The van der Waals surface area contributed by atoms with E-state index in [-0.39, 0.29) is 0 Å². The molecule has 0 spiro atoms. The first-order valence-electron chi connectivity index (χ1n) is 20.8. The van der Waals surface area contributed by atoms with Crippen LogP contribution in [0.2, 0.25) is 0 Å². The summed E-state index contributed by atoms with van der Waals surface area (Å²) in [5.41, 5.74) is 10.5. The average Bonchev–Trinajstić information content (AvgIpc) is 4.08. The van der Waals surface area contributed by atoms with E-state index in [0.29, 0.717) is 0 Å². The lowest BCUT2D eigenvalue weighted by Gasteiger charge is -2.34. The van der Waals surface area contributed by atoms with Crippen LogP contribution in [0, 0.1) is 0 Å². The number of imidazole rings is 2. The molecule has 286 valence electrons. The summed E-state index contributed by atoms with van der Waals surface area (Å²) in [6.07, 6.45) is 0. The Morgan fingerprint density at radius 3 is 1.75 bits per heavy atom. The molecule has 0 aliphatic rings. The number of benzene rings is 9. The van der Waals surface area contributed by atoms with Crippen LogP contribution in [0.1, 0.15) is 0 Å². The van der Waals surface area contributed by atoms with Crippen molar-refractivity contribution in [2.45, 2.75) is 0 Å². The van der Waals surface area contributed by atoms with E-state index < -0.39 is 8.07 Å². The van der Waals surface area contributed by atoms with Crippen LogP contribution in [0.4, 0.5) is 0 Å². The van der Waals surface area contributed by atoms with E-state index in [1.807, 2.05) is 0 Å². The molecule has 0 radical (unpaired) electrons. The van der Waals surface area contributed by atoms with E-state index >= 15 is 0 Å². The summed E-state index contributed by atoms with van der Waals surface area (Å²) < 4.78 is 14.0. The van der Waals surface area contributed by atoms with E-state index in [4.69, 9.17) is 9.40 Å². The van der Waals surface area contributed by atoms with Gasteiger partial charge in [0.05, 0.1) is 27.6 Å². The highest BCUT2D eigenvalue weighted by Crippen LogP contribution is 2.39. The quantitative estimate of drug-likeness (QED) is 0.124. The summed E-state index contributed by atoms with van der Waals surface area (Å²) in [5, 5.41) is 9.72. The van der Waals surface area contributed by atoms with E-state index in [1.54, 1.807) is 0 Å². The number of hydrogen-bond acceptors (Lipinski definition) is 2. The second kappa shape index (κ2) is 13.0. The van der Waals surface area contributed by atoms with Crippen LogP contribution in [0.15, 0.2) is 223 Å². The van der Waals surface area contributed by atoms with Gasteiger partial charge in [0.2, 0.25) is 5.78 Å². The molecule has 13 aromatic rings. The lowest BCUT2D eigenvalue weighted by molar-refractivity contribution is 0.671. The predicted octanol–water partition coefficient (Wildman–Crippen LogP) is 10.8. The van der Waals surface area contributed by atoms with E-state index in [9.17, 15) is 0 Å². The molecule has 61 heavy (non-hydrogen) atoms. The monoisotopic (exact) mass is 796 g/mol. The highest BCUT2D eigenvalue weighted by Gasteiger charge is 2.44. The predicted molar refractivity (Wildman–Crippen MR) is 255 cm³/mol. The van der Waals surface area contributed by atoms with Gasteiger partial charge in [-0.2, -0.15) is 0 Å². The van der Waals surface area contributed by atoms with Crippen molar-refractivity contribution in [3.63, 3.8) is 0 Å². The smallest absolute Gasteiger partial charge is 0.220 e. The normalized spacial score (nSPS) is 12.3. The first kappa shape index (κ1) is 34.0. The van der Waals surface area contributed by atoms with Crippen LogP contribution < -0.4 is 20.7 Å². The fourth-order valence-corrected chi connectivity index (χ4v) is 15.2. The van der Waals surface area contributed by atoms with Gasteiger partial charge in [0.25, 0.3) is 0 Å². The van der Waals surface area contributed by atoms with Gasteiger partial charge in [-0.25, -0.2) is 4.98 Å². The molecule has 0 fully saturated rings. The van der Waals surface area contributed by atoms with Gasteiger partial charge in [0.15, 0.2) is 8.07 Å². The summed E-state index contributed by atoms with van der Waals surface area (Å²) in [5.74, 6) is 0.888. The topological polar surface area (TPSA) is 40.3 Å². The number of rotatable bonds is 6. The number of hydrogen-bond donors (Lipinski definition) is 0. The molecule has 13 rings (SSSR count). The maximum atomic E-state index is 6.93. The molecule has 0 saturated carbocycles. The van der Waals surface area contributed by atoms with Crippen LogP contribution in [0.5, 0.6) is 0 Å². The average molecular weight is 797 g/mol. The zero-order chi connectivity index (χ0) is 40.1. The van der Waals surface area contributed by atoms with Gasteiger partial charge < -0.3 is 8.98 Å². The molecule has 0 amide bonds. The minimum atomic E-state index is -3.08. The largest absolute Gasteiger partial charge is 0.456 e. The molecular weight excluding hydrogens is 761 g/mol. The van der Waals surface area contributed by atoms with Gasteiger partial charge in [-0.3, -0.25) is 8.97 Å². The molecule has 5 nitrogen and oxygen atoms in total. The van der Waals surface area contributed by atoms with Crippen molar-refractivity contribution in [1.82, 2.24) is 18.5 Å². The molecule has 0 aliphatic heterocycles. The Balaban J connectivity index is 1.15. The van der Waals surface area contributed by atoms with Crippen molar-refractivity contribution in [1.29, 1.82) is 0 Å². The van der Waals surface area contributed by atoms with Crippen molar-refractivity contribution < 1.29 is 4.42 Å². The van der Waals surface area contributed by atoms with Crippen LogP contribution in [-0.4, -0.2) is 26.6 Å². The van der Waals surface area contributed by atoms with Gasteiger partial charge in [-0.05, 0) is 81.4 Å². The Morgan fingerprint density at radius 2 is 0.984 bits per heavy atom. The van der Waals surface area contributed by atoms with Crippen molar-refractivity contribution in [3.05, 3.63) is 218 Å². The van der Waals surface area contributed by atoms with Gasteiger partial charge >= 0.3 is 0 Å². The van der Waals surface area contributed by atoms with Crippen molar-refractivity contribution in [2.24, 2.45) is 0 Å². The molecule has 6 heteroatoms. The number of nitrogens with zero attached hydrogens (tertiary/aromatic N) is 4. The second-order valence-corrected chi connectivity index (χ2v) is 19.7. The summed E-state index contributed by atoms with van der Waals surface area (Å²) in [6, 6.07) is 79.2. The van der Waals surface area contributed by atoms with Crippen LogP contribution >= 0.6 is 0 Å². The first-order valence-corrected chi connectivity index (χ1v) is 22.8. The molecule has 4 aromatic heterocycles. The number of aromatic nitrogens is 4. The first-order chi connectivity index (χ1) is 30.3. The number of furan rings is 1. The Kier molecular flexibility index (Phi) is 7.26. The minimum Gasteiger partial charge on any atom is -0.456 e. The third-order valence-corrected chi connectivity index (χ3v) is 17.6. The zero-order valence-corrected chi connectivity index (χ0v) is 34.0. The third kappa shape index (κ3) is 4.73. The molecule has 9 aromatic carbocycles. The van der Waals surface area contributed by atoms with Gasteiger partial charge in [0, 0.05) is 32.9 Å². The molecular formula is C55H36N4OSi. The highest BCUT2D eigenvalue weighted by molar-refractivity contribution is 7.20. The maximum Gasteiger partial charge on any atom is 0.220 e. The van der Waals surface area contributed by atoms with Gasteiger partial charge in [-0.15, -0.1) is 0 Å². The maximum absolute atomic E-state index is 6.93. The molecule has 0 saturated heterocycles. The van der Waals surface area contributed by atoms with Crippen molar-refractivity contribution >= 4 is 100 Å². The van der Waals surface area contributed by atoms with Gasteiger partial charge in [0.1, 0.15) is 16.7 Å². The highest BCUT2D eigenvalue weighted by atomic mass is 28.3. The fourth-order valence-electron chi connectivity index (χ4n) is 10.3. The van der Waals surface area contributed by atoms with Crippen LogP contribution in [-0.2, 0) is 0 Å². The zero-order valence-electron chi connectivity index (χ0n) is 33.0. The fraction of sp³-hybridized carbons (Fsp3) is 0. The molecule has 0 unspecified atom stereocenters. The standard InChI is InChI=1S/C55H36N4OSi/c1-4-18-37(19-5-1)58-47-30-13-14-31-48(47)59-49-35-34-44-42-26-10-12-29-46(42)57(53(44)52(49)56-55(58)59)38-20-16-25-41(36-38)61(39-21-6-2-7-22-39,40-23-8-3-9-24-40)51-33-17-28-45-43-27-11-15-32-50(43)60-54(45)51/h1-36H.